The maximum atomic E-state index is 15.3. The second-order valence-electron chi connectivity index (χ2n) is 9.47. The molecule has 3 heterocycles. The molecule has 1 aliphatic heterocycles. The number of pyridine rings is 1. The smallest absolute Gasteiger partial charge is 0.201 e. The van der Waals surface area contributed by atoms with E-state index in [9.17, 15) is 13.6 Å². The van der Waals surface area contributed by atoms with Crippen LogP contribution in [0, 0.1) is 17.5 Å². The zero-order valence-corrected chi connectivity index (χ0v) is 25.0. The van der Waals surface area contributed by atoms with Gasteiger partial charge in [0.25, 0.3) is 0 Å². The lowest BCUT2D eigenvalue weighted by Crippen LogP contribution is -2.21. The minimum absolute atomic E-state index is 0.0331. The number of nitrogens with one attached hydrogen (secondary N) is 3. The molecule has 2 aromatic carbocycles. The molecule has 0 amide bonds. The number of anilines is 1. The van der Waals surface area contributed by atoms with E-state index in [4.69, 9.17) is 10.5 Å². The topological polar surface area (TPSA) is 105 Å². The standard InChI is InChI=1S/C25H18F3N3O2S.C5H12N2S/c1-12-21(13(2)33-12)14-8-17-18(11-30-25(17)29-10-14)24(32)22-19(27)6-7-20(23(22)28)31-34-16-5-3-4-15(26)9-16;1-4(6)5(8)3-7-2/h3-12,31H,1-2H3,(H,29,30);3-4,7-8H,6H2,1-2H3/b;5-3+. The molecule has 42 heavy (non-hydrogen) atoms. The van der Waals surface area contributed by atoms with Crippen LogP contribution in [-0.2, 0) is 4.74 Å². The number of allylic oxidation sites excluding steroid dienone is 1. The van der Waals surface area contributed by atoms with Gasteiger partial charge in [0.2, 0.25) is 5.78 Å². The largest absolute Gasteiger partial charge is 0.490 e. The number of thiol groups is 1. The highest BCUT2D eigenvalue weighted by Crippen LogP contribution is 2.36. The normalized spacial score (nSPS) is 15.4. The molecule has 0 saturated heterocycles. The number of rotatable bonds is 8. The van der Waals surface area contributed by atoms with E-state index in [1.807, 2.05) is 27.8 Å². The number of carbonyl (C=O) groups excluding carboxylic acids is 1. The predicted molar refractivity (Wildman–Crippen MR) is 165 cm³/mol. The van der Waals surface area contributed by atoms with Gasteiger partial charge < -0.3 is 25.5 Å². The van der Waals surface area contributed by atoms with Crippen molar-refractivity contribution in [1.82, 2.24) is 15.3 Å². The monoisotopic (exact) mass is 613 g/mol. The van der Waals surface area contributed by atoms with E-state index < -0.39 is 28.8 Å². The average Bonchev–Trinajstić information content (AvgIpc) is 3.36. The van der Waals surface area contributed by atoms with E-state index >= 15 is 4.39 Å². The predicted octanol–water partition coefficient (Wildman–Crippen LogP) is 6.80. The van der Waals surface area contributed by atoms with Gasteiger partial charge in [0.1, 0.15) is 29.1 Å². The van der Waals surface area contributed by atoms with Gasteiger partial charge in [-0.25, -0.2) is 18.2 Å². The number of ketones is 1. The van der Waals surface area contributed by atoms with Crippen LogP contribution < -0.4 is 15.8 Å². The van der Waals surface area contributed by atoms with Crippen molar-refractivity contribution in [1.29, 1.82) is 0 Å². The maximum absolute atomic E-state index is 15.3. The Bertz CT molecular complexity index is 1690. The molecule has 7 nitrogen and oxygen atoms in total. The Balaban J connectivity index is 0.000000446. The number of halogens is 3. The molecule has 0 aliphatic carbocycles. The molecule has 0 saturated carbocycles. The first-order chi connectivity index (χ1) is 20.0. The summed E-state index contributed by atoms with van der Waals surface area (Å²) in [4.78, 5) is 21.9. The third-order valence-electron chi connectivity index (χ3n) is 6.38. The fourth-order valence-corrected chi connectivity index (χ4v) is 5.12. The number of aromatic nitrogens is 2. The number of hydrogen-bond acceptors (Lipinski definition) is 8. The minimum Gasteiger partial charge on any atom is -0.490 e. The number of ether oxygens (including phenoxy) is 1. The van der Waals surface area contributed by atoms with Gasteiger partial charge in [-0.3, -0.25) is 4.79 Å². The number of aromatic amines is 1. The van der Waals surface area contributed by atoms with Gasteiger partial charge >= 0.3 is 0 Å². The Morgan fingerprint density at radius 1 is 1.24 bits per heavy atom. The fraction of sp³-hybridized carbons (Fsp3) is 0.200. The molecule has 0 spiro atoms. The maximum Gasteiger partial charge on any atom is 0.201 e. The lowest BCUT2D eigenvalue weighted by atomic mass is 9.95. The molecule has 0 radical (unpaired) electrons. The highest BCUT2D eigenvalue weighted by Gasteiger charge is 2.28. The van der Waals surface area contributed by atoms with Crippen LogP contribution >= 0.6 is 24.6 Å². The first-order valence-corrected chi connectivity index (χ1v) is 14.2. The van der Waals surface area contributed by atoms with Gasteiger partial charge in [0.05, 0.1) is 11.3 Å². The summed E-state index contributed by atoms with van der Waals surface area (Å²) in [7, 11) is 1.82. The minimum atomic E-state index is -1.04. The lowest BCUT2D eigenvalue weighted by molar-refractivity contribution is 0.103. The van der Waals surface area contributed by atoms with Crippen LogP contribution in [0.2, 0.25) is 0 Å². The van der Waals surface area contributed by atoms with Gasteiger partial charge in [-0.05, 0) is 69.1 Å². The molecule has 1 aliphatic rings. The van der Waals surface area contributed by atoms with E-state index in [1.165, 1.54) is 30.5 Å². The van der Waals surface area contributed by atoms with E-state index in [1.54, 1.807) is 24.5 Å². The molecule has 4 aromatic rings. The molecule has 5 N–H and O–H groups in total. The number of benzene rings is 2. The summed E-state index contributed by atoms with van der Waals surface area (Å²) in [5.41, 5.74) is 6.92. The van der Waals surface area contributed by atoms with E-state index in [-0.39, 0.29) is 23.4 Å². The number of fused-ring (bicyclic) bond motifs is 1. The zero-order chi connectivity index (χ0) is 30.6. The van der Waals surface area contributed by atoms with Crippen LogP contribution in [0.4, 0.5) is 18.9 Å². The first-order valence-electron chi connectivity index (χ1n) is 12.9. The van der Waals surface area contributed by atoms with Crippen molar-refractivity contribution < 1.29 is 22.7 Å². The second kappa shape index (κ2) is 13.4. The zero-order valence-electron chi connectivity index (χ0n) is 23.3. The molecule has 2 atom stereocenters. The molecule has 0 bridgehead atoms. The van der Waals surface area contributed by atoms with Crippen LogP contribution in [0.3, 0.4) is 0 Å². The fourth-order valence-electron chi connectivity index (χ4n) is 4.29. The highest BCUT2D eigenvalue weighted by molar-refractivity contribution is 8.00. The Morgan fingerprint density at radius 3 is 2.62 bits per heavy atom. The Hall–Kier alpha value is -3.87. The summed E-state index contributed by atoms with van der Waals surface area (Å²) in [5.74, 6) is -2.51. The van der Waals surface area contributed by atoms with Crippen LogP contribution in [0.1, 0.15) is 42.3 Å². The van der Waals surface area contributed by atoms with Gasteiger partial charge in [0.15, 0.2) is 5.82 Å². The number of nitrogens with two attached hydrogens (primary N) is 1. The second-order valence-corrected chi connectivity index (χ2v) is 10.9. The molecule has 2 unspecified atom stereocenters. The average molecular weight is 614 g/mol. The number of carbonyl (C=O) groups is 1. The highest BCUT2D eigenvalue weighted by atomic mass is 32.2. The van der Waals surface area contributed by atoms with Crippen LogP contribution in [0.5, 0.6) is 0 Å². The van der Waals surface area contributed by atoms with Crippen molar-refractivity contribution in [2.24, 2.45) is 5.73 Å². The van der Waals surface area contributed by atoms with Gasteiger partial charge in [-0.2, -0.15) is 0 Å². The third-order valence-corrected chi connectivity index (χ3v) is 7.73. The van der Waals surface area contributed by atoms with Crippen molar-refractivity contribution in [3.8, 4) is 0 Å². The van der Waals surface area contributed by atoms with Crippen molar-refractivity contribution in [3.63, 3.8) is 0 Å². The number of H-pyrrole nitrogens is 1. The molecule has 2 aromatic heterocycles. The lowest BCUT2D eigenvalue weighted by Gasteiger charge is -2.30. The van der Waals surface area contributed by atoms with E-state index in [0.717, 1.165) is 39.8 Å². The first kappa shape index (κ1) is 31.1. The van der Waals surface area contributed by atoms with Crippen molar-refractivity contribution in [2.45, 2.75) is 37.8 Å². The van der Waals surface area contributed by atoms with Gasteiger partial charge in [-0.1, -0.05) is 6.07 Å². The van der Waals surface area contributed by atoms with Gasteiger partial charge in [-0.15, -0.1) is 12.6 Å². The molecular weight excluding hydrogens is 583 g/mol. The third kappa shape index (κ3) is 6.77. The van der Waals surface area contributed by atoms with E-state index in [2.05, 4.69) is 32.6 Å². The van der Waals surface area contributed by atoms with Crippen LogP contribution in [0.25, 0.3) is 16.6 Å². The van der Waals surface area contributed by atoms with Crippen molar-refractivity contribution in [3.05, 3.63) is 106 Å². The molecule has 220 valence electrons. The molecule has 0 fully saturated rings. The van der Waals surface area contributed by atoms with Gasteiger partial charge in [0, 0.05) is 63.6 Å². The van der Waals surface area contributed by atoms with Crippen LogP contribution in [-0.4, -0.2) is 34.9 Å². The Morgan fingerprint density at radius 2 is 2.00 bits per heavy atom. The van der Waals surface area contributed by atoms with Crippen LogP contribution in [0.15, 0.2) is 76.6 Å². The summed E-state index contributed by atoms with van der Waals surface area (Å²) in [6.45, 7) is 5.63. The SMILES string of the molecule is CC1=C(c2cnc3[nH]cc(C(=O)c4c(F)ccc(NSc5cccc(F)c5)c4F)c3c2)C(C)O1.CN/C=C(/S)C(C)N. The summed E-state index contributed by atoms with van der Waals surface area (Å²) in [6, 6.07) is 9.72. The Kier molecular flexibility index (Phi) is 9.92. The van der Waals surface area contributed by atoms with E-state index in [0.29, 0.717) is 15.9 Å². The summed E-state index contributed by atoms with van der Waals surface area (Å²) < 4.78 is 51.6. The summed E-state index contributed by atoms with van der Waals surface area (Å²) in [6.07, 6.45) is 4.73. The molecular formula is C30H30F3N5O2S2. The molecule has 5 rings (SSSR count). The summed E-state index contributed by atoms with van der Waals surface area (Å²) >= 11 is 5.02. The van der Waals surface area contributed by atoms with Crippen molar-refractivity contribution >= 4 is 52.7 Å². The Labute approximate surface area is 251 Å². The van der Waals surface area contributed by atoms with Crippen molar-refractivity contribution in [2.75, 3.05) is 11.8 Å². The summed E-state index contributed by atoms with van der Waals surface area (Å²) in [5, 5.41) is 3.28. The molecule has 12 heteroatoms. The number of hydrogen-bond donors (Lipinski definition) is 5. The number of nitrogens with zero attached hydrogens (tertiary/aromatic N) is 1. The quantitative estimate of drug-likeness (QED) is 0.0846.